The van der Waals surface area contributed by atoms with Crippen molar-refractivity contribution in [2.24, 2.45) is 0 Å². The van der Waals surface area contributed by atoms with Crippen LogP contribution in [0.25, 0.3) is 11.1 Å². The fraction of sp³-hybridized carbons (Fsp3) is 0.0769. The van der Waals surface area contributed by atoms with Gasteiger partial charge in [-0.1, -0.05) is 46.3 Å². The van der Waals surface area contributed by atoms with Gasteiger partial charge in [0.1, 0.15) is 5.75 Å². The van der Waals surface area contributed by atoms with Crippen molar-refractivity contribution in [1.82, 2.24) is 0 Å². The molecule has 2 rings (SSSR count). The van der Waals surface area contributed by atoms with Gasteiger partial charge in [0.15, 0.2) is 0 Å². The number of rotatable bonds is 2. The smallest absolute Gasteiger partial charge is 0.406 e. The average Bonchev–Trinajstić information content (AvgIpc) is 2.29. The maximum atomic E-state index is 12.0. The third-order valence-corrected chi connectivity index (χ3v) is 2.96. The number of benzene rings is 2. The van der Waals surface area contributed by atoms with E-state index in [4.69, 9.17) is 0 Å². The van der Waals surface area contributed by atoms with Crippen LogP contribution >= 0.6 is 15.9 Å². The first-order valence-electron chi connectivity index (χ1n) is 5.06. The van der Waals surface area contributed by atoms with E-state index in [0.29, 0.717) is 0 Å². The van der Waals surface area contributed by atoms with E-state index in [1.807, 2.05) is 24.3 Å². The maximum absolute atomic E-state index is 12.0. The van der Waals surface area contributed by atoms with Crippen LogP contribution in [0.1, 0.15) is 0 Å². The van der Waals surface area contributed by atoms with Crippen molar-refractivity contribution in [2.75, 3.05) is 0 Å². The number of hydrogen-bond acceptors (Lipinski definition) is 1. The van der Waals surface area contributed by atoms with Crippen LogP contribution in [0.2, 0.25) is 0 Å². The van der Waals surface area contributed by atoms with Gasteiger partial charge in [-0.2, -0.15) is 0 Å². The van der Waals surface area contributed by atoms with Crippen molar-refractivity contribution in [2.45, 2.75) is 6.36 Å². The lowest BCUT2D eigenvalue weighted by molar-refractivity contribution is -0.274. The van der Waals surface area contributed by atoms with Gasteiger partial charge in [0.05, 0.1) is 0 Å². The highest BCUT2D eigenvalue weighted by Gasteiger charge is 2.30. The molecule has 0 atom stereocenters. The molecule has 0 heterocycles. The molecular formula is C13H8BrF3O. The molecule has 0 radical (unpaired) electrons. The molecule has 0 fully saturated rings. The summed E-state index contributed by atoms with van der Waals surface area (Å²) in [6, 6.07) is 13.2. The Morgan fingerprint density at radius 3 is 2.06 bits per heavy atom. The van der Waals surface area contributed by atoms with Crippen LogP contribution in [-0.4, -0.2) is 6.36 Å². The van der Waals surface area contributed by atoms with Crippen molar-refractivity contribution >= 4 is 15.9 Å². The van der Waals surface area contributed by atoms with Crippen LogP contribution in [0.5, 0.6) is 5.75 Å². The Hall–Kier alpha value is -1.49. The molecule has 0 aromatic heterocycles. The summed E-state index contributed by atoms with van der Waals surface area (Å²) in [5.74, 6) is -0.224. The molecule has 0 unspecified atom stereocenters. The molecule has 0 bridgehead atoms. The molecule has 2 aromatic carbocycles. The van der Waals surface area contributed by atoms with E-state index in [0.717, 1.165) is 15.6 Å². The lowest BCUT2D eigenvalue weighted by Gasteiger charge is -2.10. The van der Waals surface area contributed by atoms with Gasteiger partial charge in [0, 0.05) is 4.47 Å². The van der Waals surface area contributed by atoms with Gasteiger partial charge >= 0.3 is 6.36 Å². The van der Waals surface area contributed by atoms with Gasteiger partial charge in [-0.05, 0) is 29.3 Å². The van der Waals surface area contributed by atoms with E-state index < -0.39 is 6.36 Å². The molecular weight excluding hydrogens is 309 g/mol. The largest absolute Gasteiger partial charge is 0.573 e. The predicted molar refractivity (Wildman–Crippen MR) is 66.3 cm³/mol. The van der Waals surface area contributed by atoms with Crippen LogP contribution < -0.4 is 4.74 Å². The van der Waals surface area contributed by atoms with Gasteiger partial charge in [-0.25, -0.2) is 0 Å². The fourth-order valence-electron chi connectivity index (χ4n) is 1.53. The minimum absolute atomic E-state index is 0.224. The topological polar surface area (TPSA) is 9.23 Å². The van der Waals surface area contributed by atoms with E-state index >= 15 is 0 Å². The second-order valence-electron chi connectivity index (χ2n) is 3.55. The van der Waals surface area contributed by atoms with Crippen LogP contribution in [-0.2, 0) is 0 Å². The molecule has 0 amide bonds. The van der Waals surface area contributed by atoms with E-state index in [1.54, 1.807) is 12.1 Å². The van der Waals surface area contributed by atoms with E-state index in [-0.39, 0.29) is 5.75 Å². The molecule has 2 aromatic rings. The molecule has 94 valence electrons. The highest BCUT2D eigenvalue weighted by atomic mass is 79.9. The Morgan fingerprint density at radius 2 is 1.50 bits per heavy atom. The summed E-state index contributed by atoms with van der Waals surface area (Å²) >= 11 is 3.39. The summed E-state index contributed by atoms with van der Waals surface area (Å²) < 4.78 is 40.7. The van der Waals surface area contributed by atoms with Crippen LogP contribution in [0.4, 0.5) is 13.2 Å². The number of ether oxygens (including phenoxy) is 1. The molecule has 0 saturated carbocycles. The first-order valence-corrected chi connectivity index (χ1v) is 5.86. The average molecular weight is 317 g/mol. The van der Waals surface area contributed by atoms with Crippen LogP contribution in [0.3, 0.4) is 0 Å². The van der Waals surface area contributed by atoms with Crippen molar-refractivity contribution in [3.8, 4) is 16.9 Å². The predicted octanol–water partition coefficient (Wildman–Crippen LogP) is 5.01. The molecule has 5 heteroatoms. The summed E-state index contributed by atoms with van der Waals surface area (Å²) in [6.07, 6.45) is -4.66. The molecule has 1 nitrogen and oxygen atoms in total. The SMILES string of the molecule is FC(F)(F)Oc1ccc(-c2ccccc2Br)cc1. The van der Waals surface area contributed by atoms with E-state index in [1.165, 1.54) is 12.1 Å². The zero-order chi connectivity index (χ0) is 13.2. The molecule has 0 saturated heterocycles. The number of hydrogen-bond donors (Lipinski definition) is 0. The summed E-state index contributed by atoms with van der Waals surface area (Å²) in [5.41, 5.74) is 1.73. The first-order chi connectivity index (χ1) is 8.46. The van der Waals surface area contributed by atoms with Crippen molar-refractivity contribution < 1.29 is 17.9 Å². The third-order valence-electron chi connectivity index (χ3n) is 2.27. The Labute approximate surface area is 110 Å². The molecule has 0 spiro atoms. The molecule has 0 N–H and O–H groups in total. The molecule has 0 aliphatic heterocycles. The number of halogens is 4. The molecule has 18 heavy (non-hydrogen) atoms. The van der Waals surface area contributed by atoms with Crippen LogP contribution in [0.15, 0.2) is 53.0 Å². The van der Waals surface area contributed by atoms with Gasteiger partial charge in [0.25, 0.3) is 0 Å². The quantitative estimate of drug-likeness (QED) is 0.756. The second kappa shape index (κ2) is 5.02. The van der Waals surface area contributed by atoms with Crippen LogP contribution in [0, 0.1) is 0 Å². The minimum atomic E-state index is -4.66. The highest BCUT2D eigenvalue weighted by molar-refractivity contribution is 9.10. The third kappa shape index (κ3) is 3.26. The Balaban J connectivity index is 2.26. The minimum Gasteiger partial charge on any atom is -0.406 e. The highest BCUT2D eigenvalue weighted by Crippen LogP contribution is 2.30. The van der Waals surface area contributed by atoms with Gasteiger partial charge < -0.3 is 4.74 Å². The summed E-state index contributed by atoms with van der Waals surface area (Å²) in [6.45, 7) is 0. The fourth-order valence-corrected chi connectivity index (χ4v) is 2.05. The summed E-state index contributed by atoms with van der Waals surface area (Å²) in [5, 5.41) is 0. The lowest BCUT2D eigenvalue weighted by Crippen LogP contribution is -2.16. The monoisotopic (exact) mass is 316 g/mol. The van der Waals surface area contributed by atoms with Crippen molar-refractivity contribution in [3.63, 3.8) is 0 Å². The normalized spacial score (nSPS) is 11.3. The Bertz CT molecular complexity index is 535. The van der Waals surface area contributed by atoms with Gasteiger partial charge in [-0.3, -0.25) is 0 Å². The zero-order valence-corrected chi connectivity index (χ0v) is 10.6. The lowest BCUT2D eigenvalue weighted by atomic mass is 10.1. The molecule has 0 aliphatic carbocycles. The second-order valence-corrected chi connectivity index (χ2v) is 4.41. The Morgan fingerprint density at radius 1 is 0.889 bits per heavy atom. The van der Waals surface area contributed by atoms with E-state index in [2.05, 4.69) is 20.7 Å². The maximum Gasteiger partial charge on any atom is 0.573 e. The summed E-state index contributed by atoms with van der Waals surface area (Å²) in [7, 11) is 0. The van der Waals surface area contributed by atoms with Crippen molar-refractivity contribution in [1.29, 1.82) is 0 Å². The summed E-state index contributed by atoms with van der Waals surface area (Å²) in [4.78, 5) is 0. The zero-order valence-electron chi connectivity index (χ0n) is 9.04. The van der Waals surface area contributed by atoms with Gasteiger partial charge in [0.2, 0.25) is 0 Å². The Kier molecular flexibility index (Phi) is 3.61. The molecule has 0 aliphatic rings. The standard InChI is InChI=1S/C13H8BrF3O/c14-12-4-2-1-3-11(12)9-5-7-10(8-6-9)18-13(15,16)17/h1-8H. The first kappa shape index (κ1) is 13.0. The van der Waals surface area contributed by atoms with E-state index in [9.17, 15) is 13.2 Å². The van der Waals surface area contributed by atoms with Gasteiger partial charge in [-0.15, -0.1) is 13.2 Å². The van der Waals surface area contributed by atoms with Crippen molar-refractivity contribution in [3.05, 3.63) is 53.0 Å². The number of alkyl halides is 3.